The van der Waals surface area contributed by atoms with Crippen molar-refractivity contribution in [1.82, 2.24) is 4.90 Å². The van der Waals surface area contributed by atoms with E-state index in [0.29, 0.717) is 13.1 Å². The van der Waals surface area contributed by atoms with Gasteiger partial charge in [-0.3, -0.25) is 9.28 Å². The zero-order valence-electron chi connectivity index (χ0n) is 19.4. The van der Waals surface area contributed by atoms with Crippen LogP contribution in [0.5, 0.6) is 0 Å². The molecule has 160 valence electrons. The Kier molecular flexibility index (Phi) is 12.9. The zero-order chi connectivity index (χ0) is 24.9. The van der Waals surface area contributed by atoms with E-state index in [9.17, 15) is 4.79 Å². The van der Waals surface area contributed by atoms with Crippen LogP contribution in [0, 0.1) is 119 Å². The van der Waals surface area contributed by atoms with Crippen LogP contribution in [0.2, 0.25) is 0 Å². The number of carbonyl (C=O) groups is 1. The molecule has 1 aliphatic rings. The number of terminal acetylenes is 1. The SMILES string of the molecule is C#CC#CC#CC#CC#CC#CC#CC#CC#CC#CC(=O)N(CC)CC[N+]1(C)CCN=C1C. The van der Waals surface area contributed by atoms with Gasteiger partial charge in [-0.1, -0.05) is 0 Å². The van der Waals surface area contributed by atoms with Gasteiger partial charge in [0.2, 0.25) is 0 Å². The second-order valence-corrected chi connectivity index (χ2v) is 6.55. The van der Waals surface area contributed by atoms with E-state index in [-0.39, 0.29) is 5.91 Å². The van der Waals surface area contributed by atoms with Gasteiger partial charge in [0.05, 0.1) is 20.1 Å². The summed E-state index contributed by atoms with van der Waals surface area (Å²) in [5.74, 6) is 47.8. The van der Waals surface area contributed by atoms with Crippen LogP contribution in [-0.2, 0) is 4.79 Å². The van der Waals surface area contributed by atoms with Crippen molar-refractivity contribution in [2.24, 2.45) is 4.99 Å². The molecule has 0 spiro atoms. The second kappa shape index (κ2) is 16.4. The van der Waals surface area contributed by atoms with Gasteiger partial charge in [0, 0.05) is 31.2 Å². The number of amides is 1. The quantitative estimate of drug-likeness (QED) is 0.462. The first-order chi connectivity index (χ1) is 16.5. The fourth-order valence-electron chi connectivity index (χ4n) is 2.45. The Morgan fingerprint density at radius 2 is 1.29 bits per heavy atom. The molecule has 34 heavy (non-hydrogen) atoms. The molecule has 1 atom stereocenters. The van der Waals surface area contributed by atoms with E-state index in [1.807, 2.05) is 13.8 Å². The molecule has 1 rings (SSSR count). The summed E-state index contributed by atoms with van der Waals surface area (Å²) in [6.45, 7) is 7.77. The van der Waals surface area contributed by atoms with Gasteiger partial charge in [0.1, 0.15) is 13.1 Å². The molecule has 0 aromatic carbocycles. The topological polar surface area (TPSA) is 32.7 Å². The number of rotatable bonds is 4. The minimum Gasteiger partial charge on any atom is -0.326 e. The van der Waals surface area contributed by atoms with Gasteiger partial charge in [-0.25, -0.2) is 4.99 Å². The monoisotopic (exact) mass is 438 g/mol. The van der Waals surface area contributed by atoms with Gasteiger partial charge in [-0.2, -0.15) is 0 Å². The number of aliphatic imine (C=N–C) groups is 1. The van der Waals surface area contributed by atoms with Crippen molar-refractivity contribution in [3.05, 3.63) is 0 Å². The summed E-state index contributed by atoms with van der Waals surface area (Å²) >= 11 is 0. The van der Waals surface area contributed by atoms with Crippen LogP contribution in [0.25, 0.3) is 0 Å². The Hall–Kier alpha value is -5.30. The number of nitrogens with zero attached hydrogens (tertiary/aromatic N) is 3. The van der Waals surface area contributed by atoms with Gasteiger partial charge < -0.3 is 4.90 Å². The Labute approximate surface area is 203 Å². The standard InChI is InChI=1S/C30H20N3O/c1-5-7-8-9-10-11-12-13-14-15-16-17-18-19-20-21-22-23-24-30(34)32(6-2)26-28-33(4)27-25-31-29(33)3/h1H,6,25-28H2,2-4H3/q+1. The van der Waals surface area contributed by atoms with Crippen molar-refractivity contribution in [1.29, 1.82) is 0 Å². The van der Waals surface area contributed by atoms with Crippen LogP contribution in [-0.4, -0.2) is 60.9 Å². The summed E-state index contributed by atoms with van der Waals surface area (Å²) in [4.78, 5) is 18.4. The van der Waals surface area contributed by atoms with Crippen LogP contribution in [0.3, 0.4) is 0 Å². The van der Waals surface area contributed by atoms with Gasteiger partial charge in [-0.05, 0) is 102 Å². The molecule has 4 heteroatoms. The molecule has 0 N–H and O–H groups in total. The minimum atomic E-state index is -0.254. The van der Waals surface area contributed by atoms with E-state index in [4.69, 9.17) is 6.42 Å². The average Bonchev–Trinajstić information content (AvgIpc) is 3.16. The van der Waals surface area contributed by atoms with Crippen LogP contribution in [0.4, 0.5) is 0 Å². The number of carbonyl (C=O) groups excluding carboxylic acids is 1. The number of quaternary nitrogens is 1. The lowest BCUT2D eigenvalue weighted by Gasteiger charge is -2.31. The lowest BCUT2D eigenvalue weighted by molar-refractivity contribution is -0.813. The van der Waals surface area contributed by atoms with Crippen molar-refractivity contribution in [2.45, 2.75) is 13.8 Å². The van der Waals surface area contributed by atoms with Crippen molar-refractivity contribution < 1.29 is 9.28 Å². The Balaban J connectivity index is 2.50. The van der Waals surface area contributed by atoms with E-state index < -0.39 is 0 Å². The average molecular weight is 439 g/mol. The lowest BCUT2D eigenvalue weighted by Crippen LogP contribution is -2.50. The third kappa shape index (κ3) is 11.2. The van der Waals surface area contributed by atoms with Crippen molar-refractivity contribution in [3.63, 3.8) is 0 Å². The largest absolute Gasteiger partial charge is 0.326 e. The Morgan fingerprint density at radius 3 is 1.68 bits per heavy atom. The number of hydrogen-bond donors (Lipinski definition) is 0. The molecular weight excluding hydrogens is 418 g/mol. The second-order valence-electron chi connectivity index (χ2n) is 6.55. The normalized spacial score (nSPS) is 13.3. The molecule has 0 aromatic heterocycles. The number of hydrogen-bond acceptors (Lipinski definition) is 2. The molecule has 0 bridgehead atoms. The molecular formula is C30H20N3O+. The lowest BCUT2D eigenvalue weighted by atomic mass is 10.3. The third-order valence-corrected chi connectivity index (χ3v) is 4.49. The molecule has 4 nitrogen and oxygen atoms in total. The van der Waals surface area contributed by atoms with E-state index in [0.717, 1.165) is 30.0 Å². The van der Waals surface area contributed by atoms with Crippen molar-refractivity contribution in [3.8, 4) is 119 Å². The minimum absolute atomic E-state index is 0.254. The van der Waals surface area contributed by atoms with Gasteiger partial charge in [-0.15, -0.1) is 6.42 Å². The van der Waals surface area contributed by atoms with Gasteiger partial charge >= 0.3 is 0 Å². The highest BCUT2D eigenvalue weighted by Crippen LogP contribution is 2.11. The summed E-state index contributed by atoms with van der Waals surface area (Å²) in [5.41, 5.74) is 0. The van der Waals surface area contributed by atoms with Crippen LogP contribution >= 0.6 is 0 Å². The fraction of sp³-hybridized carbons (Fsp3) is 0.267. The molecule has 0 saturated carbocycles. The zero-order valence-corrected chi connectivity index (χ0v) is 19.4. The van der Waals surface area contributed by atoms with Crippen molar-refractivity contribution >= 4 is 11.7 Å². The maximum Gasteiger partial charge on any atom is 0.299 e. The predicted octanol–water partition coefficient (Wildman–Crippen LogP) is 0.377. The molecule has 0 fully saturated rings. The van der Waals surface area contributed by atoms with Crippen LogP contribution in [0.15, 0.2) is 4.99 Å². The highest BCUT2D eigenvalue weighted by atomic mass is 16.2. The predicted molar refractivity (Wildman–Crippen MR) is 135 cm³/mol. The highest BCUT2D eigenvalue weighted by molar-refractivity contribution is 5.94. The molecule has 0 aliphatic carbocycles. The molecule has 0 saturated heterocycles. The fourth-order valence-corrected chi connectivity index (χ4v) is 2.45. The van der Waals surface area contributed by atoms with E-state index in [1.54, 1.807) is 4.90 Å². The maximum absolute atomic E-state index is 12.3. The first-order valence-electron chi connectivity index (χ1n) is 10.1. The van der Waals surface area contributed by atoms with E-state index in [2.05, 4.69) is 125 Å². The number of amidine groups is 1. The third-order valence-electron chi connectivity index (χ3n) is 4.49. The molecule has 1 aliphatic heterocycles. The highest BCUT2D eigenvalue weighted by Gasteiger charge is 2.30. The van der Waals surface area contributed by atoms with Crippen molar-refractivity contribution in [2.75, 3.05) is 39.8 Å². The smallest absolute Gasteiger partial charge is 0.299 e. The summed E-state index contributed by atoms with van der Waals surface area (Å²) in [6.07, 6.45) is 4.94. The molecule has 0 radical (unpaired) electrons. The molecule has 1 amide bonds. The summed E-state index contributed by atoms with van der Waals surface area (Å²) < 4.78 is 0.762. The summed E-state index contributed by atoms with van der Waals surface area (Å²) in [7, 11) is 2.13. The first kappa shape index (κ1) is 26.7. The molecule has 1 heterocycles. The van der Waals surface area contributed by atoms with Gasteiger partial charge in [0.25, 0.3) is 5.91 Å². The Morgan fingerprint density at radius 1 is 0.853 bits per heavy atom. The molecule has 1 unspecified atom stereocenters. The van der Waals surface area contributed by atoms with E-state index >= 15 is 0 Å². The maximum atomic E-state index is 12.3. The van der Waals surface area contributed by atoms with Gasteiger partial charge in [0.15, 0.2) is 5.84 Å². The van der Waals surface area contributed by atoms with Crippen LogP contribution < -0.4 is 0 Å². The Bertz CT molecular complexity index is 1450. The molecule has 0 aromatic rings. The van der Waals surface area contributed by atoms with Crippen LogP contribution in [0.1, 0.15) is 13.8 Å². The first-order valence-corrected chi connectivity index (χ1v) is 10.1. The van der Waals surface area contributed by atoms with E-state index in [1.165, 1.54) is 0 Å². The number of likely N-dealkylation sites (N-methyl/N-ethyl adjacent to an activating group) is 2. The summed E-state index contributed by atoms with van der Waals surface area (Å²) in [6, 6.07) is 0. The summed E-state index contributed by atoms with van der Waals surface area (Å²) in [5, 5.41) is 0.